The minimum atomic E-state index is -0.503. The Labute approximate surface area is 168 Å². The van der Waals surface area contributed by atoms with E-state index in [1.165, 1.54) is 38.2 Å². The van der Waals surface area contributed by atoms with Crippen molar-refractivity contribution in [2.45, 2.75) is 48.8 Å². The summed E-state index contributed by atoms with van der Waals surface area (Å²) in [6, 6.07) is 14.7. The van der Waals surface area contributed by atoms with Crippen molar-refractivity contribution in [1.82, 2.24) is 4.98 Å². The lowest BCUT2D eigenvalue weighted by Gasteiger charge is -2.20. The average molecular weight is 394 g/mol. The van der Waals surface area contributed by atoms with E-state index in [1.54, 1.807) is 6.20 Å². The van der Waals surface area contributed by atoms with Gasteiger partial charge in [-0.15, -0.1) is 11.8 Å². The second kappa shape index (κ2) is 8.65. The van der Waals surface area contributed by atoms with Gasteiger partial charge in [0.1, 0.15) is 11.5 Å². The van der Waals surface area contributed by atoms with E-state index in [0.29, 0.717) is 17.4 Å². The number of pyridine rings is 1. The first-order valence-corrected chi connectivity index (χ1v) is 10.6. The maximum absolute atomic E-state index is 12.5. The average Bonchev–Trinajstić information content (AvgIpc) is 2.72. The summed E-state index contributed by atoms with van der Waals surface area (Å²) >= 11 is 1.82. The summed E-state index contributed by atoms with van der Waals surface area (Å²) in [4.78, 5) is 17.0. The minimum absolute atomic E-state index is 0.0339. The Morgan fingerprint density at radius 2 is 1.86 bits per heavy atom. The number of rotatable bonds is 5. The third-order valence-electron chi connectivity index (χ3n) is 5.10. The van der Waals surface area contributed by atoms with Gasteiger partial charge in [0.2, 0.25) is 0 Å². The molecule has 0 amide bonds. The van der Waals surface area contributed by atoms with Crippen LogP contribution in [-0.4, -0.2) is 15.3 Å². The molecule has 1 aromatic carbocycles. The molecule has 4 nitrogen and oxygen atoms in total. The third-order valence-corrected chi connectivity index (χ3v) is 6.37. The normalized spacial score (nSPS) is 14.9. The van der Waals surface area contributed by atoms with Gasteiger partial charge >= 0.3 is 5.63 Å². The molecule has 1 N–H and O–H groups in total. The van der Waals surface area contributed by atoms with Crippen molar-refractivity contribution in [2.75, 3.05) is 0 Å². The molecule has 2 heterocycles. The summed E-state index contributed by atoms with van der Waals surface area (Å²) in [7, 11) is 0. The fourth-order valence-electron chi connectivity index (χ4n) is 3.60. The quantitative estimate of drug-likeness (QED) is 0.627. The number of nitrogens with zero attached hydrogens (tertiary/aromatic N) is 1. The fraction of sp³-hybridized carbons (Fsp3) is 0.304. The molecule has 1 fully saturated rings. The number of thioether (sulfide) groups is 1. The van der Waals surface area contributed by atoms with Crippen LogP contribution in [0, 0.1) is 0 Å². The maximum Gasteiger partial charge on any atom is 0.343 e. The molecule has 5 heteroatoms. The van der Waals surface area contributed by atoms with Gasteiger partial charge in [-0.25, -0.2) is 9.78 Å². The summed E-state index contributed by atoms with van der Waals surface area (Å²) in [5.74, 6) is 0.337. The Bertz CT molecular complexity index is 994. The molecule has 0 radical (unpaired) electrons. The van der Waals surface area contributed by atoms with E-state index in [9.17, 15) is 9.90 Å². The third kappa shape index (κ3) is 4.47. The van der Waals surface area contributed by atoms with Crippen molar-refractivity contribution >= 4 is 11.8 Å². The zero-order chi connectivity index (χ0) is 19.3. The van der Waals surface area contributed by atoms with Gasteiger partial charge in [-0.1, -0.05) is 49.6 Å². The van der Waals surface area contributed by atoms with Crippen LogP contribution in [0.2, 0.25) is 0 Å². The molecule has 0 aliphatic heterocycles. The second-order valence-corrected chi connectivity index (χ2v) is 8.51. The van der Waals surface area contributed by atoms with Crippen molar-refractivity contribution in [3.63, 3.8) is 0 Å². The highest BCUT2D eigenvalue weighted by atomic mass is 32.2. The van der Waals surface area contributed by atoms with Gasteiger partial charge in [0.25, 0.3) is 0 Å². The van der Waals surface area contributed by atoms with Crippen LogP contribution in [-0.2, 0) is 6.42 Å². The second-order valence-electron chi connectivity index (χ2n) is 7.18. The number of benzene rings is 1. The van der Waals surface area contributed by atoms with Crippen LogP contribution in [0.15, 0.2) is 69.0 Å². The molecular formula is C23H23NO3S. The van der Waals surface area contributed by atoms with E-state index in [2.05, 4.69) is 4.98 Å². The molecule has 3 aromatic rings. The topological polar surface area (TPSA) is 63.3 Å². The van der Waals surface area contributed by atoms with Crippen molar-refractivity contribution in [2.24, 2.45) is 0 Å². The highest BCUT2D eigenvalue weighted by Gasteiger charge is 2.17. The van der Waals surface area contributed by atoms with Gasteiger partial charge in [-0.2, -0.15) is 0 Å². The molecule has 0 saturated heterocycles. The molecule has 1 saturated carbocycles. The molecule has 0 bridgehead atoms. The van der Waals surface area contributed by atoms with Crippen LogP contribution in [0.25, 0.3) is 11.3 Å². The Hall–Kier alpha value is -2.53. The van der Waals surface area contributed by atoms with Crippen LogP contribution in [0.3, 0.4) is 0 Å². The summed E-state index contributed by atoms with van der Waals surface area (Å²) in [5, 5.41) is 12.1. The van der Waals surface area contributed by atoms with Crippen LogP contribution >= 0.6 is 11.8 Å². The van der Waals surface area contributed by atoms with Gasteiger partial charge in [-0.05, 0) is 30.5 Å². The Morgan fingerprint density at radius 3 is 2.61 bits per heavy atom. The standard InChI is InChI=1S/C23H23NO3S/c25-20-15-21(17-7-3-1-4-8-17)27-23(26)19(20)13-16-11-12-24-22(14-16)28-18-9-5-2-6-10-18/h1,3-4,7-8,11-12,14-15,18,25H,2,5-6,9-10,13H2. The Kier molecular flexibility index (Phi) is 5.81. The smallest absolute Gasteiger partial charge is 0.343 e. The first-order valence-electron chi connectivity index (χ1n) is 9.72. The summed E-state index contributed by atoms with van der Waals surface area (Å²) in [5.41, 5.74) is 1.48. The molecule has 1 aliphatic rings. The van der Waals surface area contributed by atoms with Gasteiger partial charge in [-0.3, -0.25) is 0 Å². The predicted octanol–water partition coefficient (Wildman–Crippen LogP) is 5.42. The Balaban J connectivity index is 1.54. The molecule has 144 valence electrons. The maximum atomic E-state index is 12.5. The summed E-state index contributed by atoms with van der Waals surface area (Å²) in [6.07, 6.45) is 8.49. The number of aromatic hydroxyl groups is 1. The predicted molar refractivity (Wildman–Crippen MR) is 112 cm³/mol. The first kappa shape index (κ1) is 18.8. The largest absolute Gasteiger partial charge is 0.507 e. The van der Waals surface area contributed by atoms with Crippen molar-refractivity contribution in [1.29, 1.82) is 0 Å². The monoisotopic (exact) mass is 393 g/mol. The zero-order valence-electron chi connectivity index (χ0n) is 15.6. The zero-order valence-corrected chi connectivity index (χ0v) is 16.5. The molecule has 4 rings (SSSR count). The molecule has 0 unspecified atom stereocenters. The number of hydrogen-bond acceptors (Lipinski definition) is 5. The van der Waals surface area contributed by atoms with Crippen LogP contribution in [0.1, 0.15) is 43.2 Å². The molecule has 2 aromatic heterocycles. The highest BCUT2D eigenvalue weighted by Crippen LogP contribution is 2.33. The van der Waals surface area contributed by atoms with Crippen molar-refractivity contribution in [3.05, 3.63) is 76.3 Å². The highest BCUT2D eigenvalue weighted by molar-refractivity contribution is 7.99. The van der Waals surface area contributed by atoms with E-state index in [-0.39, 0.29) is 11.3 Å². The van der Waals surface area contributed by atoms with Gasteiger partial charge < -0.3 is 9.52 Å². The van der Waals surface area contributed by atoms with E-state index < -0.39 is 5.63 Å². The summed E-state index contributed by atoms with van der Waals surface area (Å²) < 4.78 is 5.46. The number of aromatic nitrogens is 1. The first-order chi connectivity index (χ1) is 13.7. The van der Waals surface area contributed by atoms with Crippen molar-refractivity contribution in [3.8, 4) is 17.1 Å². The number of hydrogen-bond donors (Lipinski definition) is 1. The molecule has 28 heavy (non-hydrogen) atoms. The van der Waals surface area contributed by atoms with E-state index in [1.807, 2.05) is 54.2 Å². The van der Waals surface area contributed by atoms with Gasteiger partial charge in [0.15, 0.2) is 0 Å². The van der Waals surface area contributed by atoms with E-state index in [0.717, 1.165) is 16.2 Å². The molecule has 1 aliphatic carbocycles. The van der Waals surface area contributed by atoms with E-state index >= 15 is 0 Å². The fourth-order valence-corrected chi connectivity index (χ4v) is 4.85. The molecular weight excluding hydrogens is 370 g/mol. The van der Waals surface area contributed by atoms with E-state index in [4.69, 9.17) is 4.42 Å². The molecule has 0 atom stereocenters. The Morgan fingerprint density at radius 1 is 1.07 bits per heavy atom. The van der Waals surface area contributed by atoms with Gasteiger partial charge in [0.05, 0.1) is 10.6 Å². The SMILES string of the molecule is O=c1oc(-c2ccccc2)cc(O)c1Cc1ccnc(SC2CCCCC2)c1. The lowest BCUT2D eigenvalue weighted by molar-refractivity contribution is 0.443. The van der Waals surface area contributed by atoms with Crippen LogP contribution in [0.5, 0.6) is 5.75 Å². The lowest BCUT2D eigenvalue weighted by Crippen LogP contribution is -2.10. The summed E-state index contributed by atoms with van der Waals surface area (Å²) in [6.45, 7) is 0. The van der Waals surface area contributed by atoms with Crippen LogP contribution < -0.4 is 5.63 Å². The van der Waals surface area contributed by atoms with Crippen molar-refractivity contribution < 1.29 is 9.52 Å². The minimum Gasteiger partial charge on any atom is -0.507 e. The lowest BCUT2D eigenvalue weighted by atomic mass is 10.0. The molecule has 0 spiro atoms. The van der Waals surface area contributed by atoms with Crippen LogP contribution in [0.4, 0.5) is 0 Å². The van der Waals surface area contributed by atoms with Gasteiger partial charge in [0, 0.05) is 29.5 Å².